The summed E-state index contributed by atoms with van der Waals surface area (Å²) in [6.07, 6.45) is 13.6. The largest absolute Gasteiger partial charge is 0.385 e. The average Bonchev–Trinajstić information content (AvgIpc) is 3.03. The normalized spacial score (nSPS) is 19.6. The third-order valence-electron chi connectivity index (χ3n) is 6.49. The zero-order valence-corrected chi connectivity index (χ0v) is 17.3. The van der Waals surface area contributed by atoms with Gasteiger partial charge in [-0.05, 0) is 50.9 Å². The number of amides is 1. The number of nitrogens with zero attached hydrogens (tertiary/aromatic N) is 3. The van der Waals surface area contributed by atoms with Crippen LogP contribution in [-0.4, -0.2) is 47.2 Å². The molecule has 5 nitrogen and oxygen atoms in total. The molecule has 2 fully saturated rings. The number of hydrogen-bond donors (Lipinski definition) is 0. The van der Waals surface area contributed by atoms with E-state index in [0.29, 0.717) is 17.7 Å². The van der Waals surface area contributed by atoms with Gasteiger partial charge >= 0.3 is 0 Å². The van der Waals surface area contributed by atoms with Crippen LogP contribution in [0.5, 0.6) is 0 Å². The van der Waals surface area contributed by atoms with Crippen molar-refractivity contribution in [2.45, 2.75) is 77.7 Å². The molecule has 3 rings (SSSR count). The van der Waals surface area contributed by atoms with Gasteiger partial charge in [0.15, 0.2) is 0 Å². The molecule has 0 unspecified atom stereocenters. The predicted molar refractivity (Wildman–Crippen MR) is 108 cm³/mol. The summed E-state index contributed by atoms with van der Waals surface area (Å²) in [5.41, 5.74) is 1.24. The van der Waals surface area contributed by atoms with Crippen LogP contribution in [0.4, 0.5) is 0 Å². The summed E-state index contributed by atoms with van der Waals surface area (Å²) in [7, 11) is 1.75. The lowest BCUT2D eigenvalue weighted by atomic mass is 9.86. The van der Waals surface area contributed by atoms with Crippen LogP contribution in [0.3, 0.4) is 0 Å². The molecular formula is C22H37N3O2. The highest BCUT2D eigenvalue weighted by molar-refractivity contribution is 5.76. The zero-order valence-electron chi connectivity index (χ0n) is 17.3. The molecule has 1 amide bonds. The lowest BCUT2D eigenvalue weighted by molar-refractivity contribution is -0.133. The summed E-state index contributed by atoms with van der Waals surface area (Å²) in [6, 6.07) is 0. The molecule has 1 saturated carbocycles. The Hall–Kier alpha value is -1.36. The molecule has 1 saturated heterocycles. The van der Waals surface area contributed by atoms with E-state index in [4.69, 9.17) is 4.74 Å². The Morgan fingerprint density at radius 2 is 1.89 bits per heavy atom. The second-order valence-corrected chi connectivity index (χ2v) is 8.55. The summed E-state index contributed by atoms with van der Waals surface area (Å²) in [4.78, 5) is 19.4. The third kappa shape index (κ3) is 5.81. The molecule has 1 aliphatic carbocycles. The molecule has 0 aromatic carbocycles. The van der Waals surface area contributed by atoms with Crippen LogP contribution in [0.25, 0.3) is 0 Å². The second-order valence-electron chi connectivity index (χ2n) is 8.55. The van der Waals surface area contributed by atoms with E-state index in [-0.39, 0.29) is 0 Å². The second kappa shape index (κ2) is 10.3. The van der Waals surface area contributed by atoms with Gasteiger partial charge in [-0.2, -0.15) is 0 Å². The van der Waals surface area contributed by atoms with Crippen molar-refractivity contribution in [3.8, 4) is 0 Å². The number of ether oxygens (including phenoxy) is 1. The first-order valence-electron chi connectivity index (χ1n) is 10.9. The Bertz CT molecular complexity index is 584. The lowest BCUT2D eigenvalue weighted by Crippen LogP contribution is -2.39. The number of piperidine rings is 1. The standard InChI is InChI=1S/C22H37N3O2/c1-18-17-23-21(25(18)11-6-14-27-2)15-20-9-12-24(13-10-20)22(26)16-19-7-4-3-5-8-19/h17,19-20H,3-16H2,1-2H3. The summed E-state index contributed by atoms with van der Waals surface area (Å²) < 4.78 is 7.53. The van der Waals surface area contributed by atoms with Crippen molar-refractivity contribution in [1.29, 1.82) is 0 Å². The van der Waals surface area contributed by atoms with Crippen LogP contribution in [-0.2, 0) is 22.5 Å². The van der Waals surface area contributed by atoms with Crippen molar-refractivity contribution in [3.63, 3.8) is 0 Å². The van der Waals surface area contributed by atoms with E-state index in [0.717, 1.165) is 58.3 Å². The molecule has 27 heavy (non-hydrogen) atoms. The van der Waals surface area contributed by atoms with Crippen molar-refractivity contribution in [2.24, 2.45) is 11.8 Å². The first-order chi connectivity index (χ1) is 13.2. The van der Waals surface area contributed by atoms with E-state index in [1.54, 1.807) is 7.11 Å². The van der Waals surface area contributed by atoms with Crippen LogP contribution in [0.1, 0.15) is 69.3 Å². The minimum absolute atomic E-state index is 0.400. The topological polar surface area (TPSA) is 47.4 Å². The van der Waals surface area contributed by atoms with Crippen molar-refractivity contribution in [1.82, 2.24) is 14.5 Å². The maximum Gasteiger partial charge on any atom is 0.222 e. The van der Waals surface area contributed by atoms with Gasteiger partial charge < -0.3 is 14.2 Å². The summed E-state index contributed by atoms with van der Waals surface area (Å²) >= 11 is 0. The molecule has 5 heteroatoms. The number of carbonyl (C=O) groups is 1. The Labute approximate surface area is 164 Å². The number of methoxy groups -OCH3 is 1. The molecule has 152 valence electrons. The van der Waals surface area contributed by atoms with Gasteiger partial charge in [0.05, 0.1) is 0 Å². The van der Waals surface area contributed by atoms with E-state index in [2.05, 4.69) is 21.4 Å². The van der Waals surface area contributed by atoms with E-state index >= 15 is 0 Å². The predicted octanol–water partition coefficient (Wildman–Crippen LogP) is 3.98. The fourth-order valence-corrected chi connectivity index (χ4v) is 4.76. The number of imidazole rings is 1. The molecule has 0 radical (unpaired) electrons. The van der Waals surface area contributed by atoms with Crippen molar-refractivity contribution < 1.29 is 9.53 Å². The van der Waals surface area contributed by atoms with Crippen LogP contribution in [0.15, 0.2) is 6.20 Å². The number of carbonyl (C=O) groups excluding carboxylic acids is 1. The van der Waals surface area contributed by atoms with Gasteiger partial charge in [-0.1, -0.05) is 19.3 Å². The lowest BCUT2D eigenvalue weighted by Gasteiger charge is -2.33. The Morgan fingerprint density at radius 3 is 2.59 bits per heavy atom. The van der Waals surface area contributed by atoms with Gasteiger partial charge in [0.1, 0.15) is 5.82 Å². The summed E-state index contributed by atoms with van der Waals surface area (Å²) in [6.45, 7) is 5.77. The highest BCUT2D eigenvalue weighted by atomic mass is 16.5. The van der Waals surface area contributed by atoms with Gasteiger partial charge in [0.25, 0.3) is 0 Å². The molecule has 1 aromatic heterocycles. The average molecular weight is 376 g/mol. The van der Waals surface area contributed by atoms with Crippen molar-refractivity contribution >= 4 is 5.91 Å². The molecule has 2 heterocycles. The van der Waals surface area contributed by atoms with Crippen LogP contribution in [0.2, 0.25) is 0 Å². The maximum absolute atomic E-state index is 12.6. The van der Waals surface area contributed by atoms with Gasteiger partial charge in [-0.3, -0.25) is 4.79 Å². The number of aromatic nitrogens is 2. The number of likely N-dealkylation sites (tertiary alicyclic amines) is 1. The minimum Gasteiger partial charge on any atom is -0.385 e. The molecule has 0 spiro atoms. The number of rotatable bonds is 8. The summed E-state index contributed by atoms with van der Waals surface area (Å²) in [5, 5.41) is 0. The minimum atomic E-state index is 0.400. The van der Waals surface area contributed by atoms with Gasteiger partial charge in [0, 0.05) is 58.1 Å². The first kappa shape index (κ1) is 20.4. The fourth-order valence-electron chi connectivity index (χ4n) is 4.76. The molecule has 1 aliphatic heterocycles. The van der Waals surface area contributed by atoms with E-state index in [1.165, 1.54) is 43.6 Å². The van der Waals surface area contributed by atoms with Crippen molar-refractivity contribution in [3.05, 3.63) is 17.7 Å². The SMILES string of the molecule is COCCCn1c(C)cnc1CC1CCN(C(=O)CC2CCCCC2)CC1. The van der Waals surface area contributed by atoms with E-state index < -0.39 is 0 Å². The molecule has 0 bridgehead atoms. The molecule has 0 atom stereocenters. The maximum atomic E-state index is 12.6. The Balaban J connectivity index is 1.44. The molecule has 0 N–H and O–H groups in total. The first-order valence-corrected chi connectivity index (χ1v) is 10.9. The Morgan fingerprint density at radius 1 is 1.15 bits per heavy atom. The monoisotopic (exact) mass is 375 g/mol. The zero-order chi connectivity index (χ0) is 19.1. The molecular weight excluding hydrogens is 338 g/mol. The van der Waals surface area contributed by atoms with Crippen molar-refractivity contribution in [2.75, 3.05) is 26.8 Å². The van der Waals surface area contributed by atoms with E-state index in [9.17, 15) is 4.79 Å². The molecule has 1 aromatic rings. The number of hydrogen-bond acceptors (Lipinski definition) is 3. The van der Waals surface area contributed by atoms with Crippen LogP contribution < -0.4 is 0 Å². The van der Waals surface area contributed by atoms with E-state index in [1.807, 2.05) is 6.20 Å². The smallest absolute Gasteiger partial charge is 0.222 e. The third-order valence-corrected chi connectivity index (χ3v) is 6.49. The van der Waals surface area contributed by atoms with Gasteiger partial charge in [0.2, 0.25) is 5.91 Å². The van der Waals surface area contributed by atoms with Crippen LogP contribution >= 0.6 is 0 Å². The summed E-state index contributed by atoms with van der Waals surface area (Å²) in [5.74, 6) is 2.89. The fraction of sp³-hybridized carbons (Fsp3) is 0.818. The number of aryl methyl sites for hydroxylation is 1. The van der Waals surface area contributed by atoms with Gasteiger partial charge in [-0.25, -0.2) is 4.98 Å². The quantitative estimate of drug-likeness (QED) is 0.646. The highest BCUT2D eigenvalue weighted by Gasteiger charge is 2.26. The molecule has 2 aliphatic rings. The Kier molecular flexibility index (Phi) is 7.74. The van der Waals surface area contributed by atoms with Gasteiger partial charge in [-0.15, -0.1) is 0 Å². The van der Waals surface area contributed by atoms with Crippen LogP contribution in [0, 0.1) is 18.8 Å². The highest BCUT2D eigenvalue weighted by Crippen LogP contribution is 2.28.